The molecule has 516 valence electrons. The Hall–Kier alpha value is -7.04. The van der Waals surface area contributed by atoms with Crippen LogP contribution < -0.4 is 10.6 Å². The van der Waals surface area contributed by atoms with Crippen LogP contribution in [0.4, 0.5) is 4.79 Å². The van der Waals surface area contributed by atoms with Crippen molar-refractivity contribution in [2.45, 2.75) is 231 Å². The fraction of sp³-hybridized carbons (Fsp3) is 0.470. The number of benzene rings is 7. The molecule has 7 aromatic carbocycles. The fourth-order valence-corrected chi connectivity index (χ4v) is 12.2. The first-order chi connectivity index (χ1) is 47.5. The van der Waals surface area contributed by atoms with Crippen LogP contribution in [0.2, 0.25) is 0 Å². The molecule has 2 N–H and O–H groups in total. The first-order valence-corrected chi connectivity index (χ1v) is 35.9. The molecule has 13 heteroatoms. The van der Waals surface area contributed by atoms with Crippen molar-refractivity contribution < 1.29 is 52.2 Å². The normalized spacial score (nSPS) is 17.1. The molecule has 1 aliphatic heterocycles. The molecular weight excluding hydrogens is 1200 g/mol. The molecule has 7 aromatic rings. The van der Waals surface area contributed by atoms with Gasteiger partial charge in [0.15, 0.2) is 6.29 Å². The number of alkyl carbamates (subject to hydrolysis) is 1. The van der Waals surface area contributed by atoms with E-state index >= 15 is 0 Å². The molecule has 8 rings (SSSR count). The van der Waals surface area contributed by atoms with Crippen LogP contribution in [0.15, 0.2) is 212 Å². The zero-order chi connectivity index (χ0) is 66.6. The van der Waals surface area contributed by atoms with Crippen molar-refractivity contribution in [2.24, 2.45) is 0 Å². The van der Waals surface area contributed by atoms with Gasteiger partial charge < -0.3 is 53.3 Å². The maximum atomic E-state index is 14.8. The number of amides is 2. The minimum Gasteiger partial charge on any atom is -0.445 e. The molecule has 0 spiro atoms. The van der Waals surface area contributed by atoms with E-state index < -0.39 is 55.0 Å². The van der Waals surface area contributed by atoms with Crippen molar-refractivity contribution in [3.05, 3.63) is 251 Å². The Bertz CT molecular complexity index is 3060. The first-order valence-electron chi connectivity index (χ1n) is 35.9. The first kappa shape index (κ1) is 74.7. The summed E-state index contributed by atoms with van der Waals surface area (Å²) < 4.78 is 62.2. The number of hydrogen-bond acceptors (Lipinski definition) is 11. The Kier molecular flexibility index (Phi) is 36.0. The van der Waals surface area contributed by atoms with Gasteiger partial charge in [-0.1, -0.05) is 322 Å². The second kappa shape index (κ2) is 46.2. The van der Waals surface area contributed by atoms with E-state index in [0.717, 1.165) is 90.3 Å². The minimum absolute atomic E-state index is 0.0168. The van der Waals surface area contributed by atoms with Crippen molar-refractivity contribution in [1.29, 1.82) is 0 Å². The number of ether oxygens (including phenoxy) is 9. The van der Waals surface area contributed by atoms with Crippen molar-refractivity contribution in [1.82, 2.24) is 10.6 Å². The van der Waals surface area contributed by atoms with Crippen molar-refractivity contribution in [3.8, 4) is 0 Å². The van der Waals surface area contributed by atoms with Gasteiger partial charge in [0.2, 0.25) is 5.91 Å². The fourth-order valence-electron chi connectivity index (χ4n) is 12.2. The van der Waals surface area contributed by atoms with Crippen LogP contribution in [-0.2, 0) is 93.7 Å². The Labute approximate surface area is 573 Å². The number of carbonyl (C=O) groups is 2. The summed E-state index contributed by atoms with van der Waals surface area (Å²) in [5.41, 5.74) is 6.99. The van der Waals surface area contributed by atoms with E-state index in [1.165, 1.54) is 57.8 Å². The average Bonchev–Trinajstić information content (AvgIpc) is 0.806. The molecule has 1 aliphatic rings. The van der Waals surface area contributed by atoms with E-state index in [0.29, 0.717) is 39.0 Å². The average molecular weight is 1310 g/mol. The van der Waals surface area contributed by atoms with Crippen molar-refractivity contribution in [2.75, 3.05) is 19.8 Å². The number of carbonyl (C=O) groups excluding carboxylic acids is 2. The molecule has 1 fully saturated rings. The van der Waals surface area contributed by atoms with Crippen molar-refractivity contribution in [3.63, 3.8) is 0 Å². The van der Waals surface area contributed by atoms with E-state index in [4.69, 9.17) is 42.6 Å². The summed E-state index contributed by atoms with van der Waals surface area (Å²) in [5.74, 6) is -0.102. The quantitative estimate of drug-likeness (QED) is 0.0352. The third-order valence-corrected chi connectivity index (χ3v) is 17.6. The molecule has 0 radical (unpaired) electrons. The molecular formula is C83H108N2O11. The SMILES string of the molecule is CCCCCCCCCCCCCC[C@@H](OCc1ccccc1)[C@@H](OCc1ccccc1)[C@H](CO[C@H]1O[C@H](COCc2ccccc2)[C@H](OCc2ccccc2)[C@H](OCc2ccccc2)[C@H]1OCc1ccccc1)NC(=O)CCCCCCCCNC(=O)OCc1ccccc1. The molecule has 2 amide bonds. The second-order valence-corrected chi connectivity index (χ2v) is 25.5. The standard InChI is InChI=1S/C83H108N2O11/c1-2-3-4-5-6-7-8-9-10-11-14-38-55-75(89-59-68-43-26-18-27-44-68)78(90-60-69-45-28-19-29-46-69)74(85-77(86)56-39-15-12-13-16-40-57-84-83(87)95-64-73-53-36-23-37-54-73)65-94-82-81(93-63-72-51-34-22-35-52-72)80(92-62-71-49-32-21-33-50-71)79(91-61-70-47-30-20-31-48-70)76(96-82)66-88-58-67-41-24-17-25-42-67/h17-37,41-54,74-76,78-82H,2-16,38-40,55-66H2,1H3,(H,84,87)(H,85,86)/t74-,75+,76+,78-,79-,80-,81+,82-/m0/s1. The third-order valence-electron chi connectivity index (χ3n) is 17.6. The van der Waals surface area contributed by atoms with Gasteiger partial charge in [-0.2, -0.15) is 0 Å². The lowest BCUT2D eigenvalue weighted by molar-refractivity contribution is -0.330. The summed E-state index contributed by atoms with van der Waals surface area (Å²) in [6, 6.07) is 69.9. The summed E-state index contributed by atoms with van der Waals surface area (Å²) in [6.45, 7) is 4.98. The Balaban J connectivity index is 1.06. The smallest absolute Gasteiger partial charge is 0.407 e. The molecule has 0 bridgehead atoms. The van der Waals surface area contributed by atoms with Crippen LogP contribution in [0.25, 0.3) is 0 Å². The summed E-state index contributed by atoms with van der Waals surface area (Å²) in [4.78, 5) is 27.2. The highest BCUT2D eigenvalue weighted by Crippen LogP contribution is 2.33. The van der Waals surface area contributed by atoms with Crippen molar-refractivity contribution >= 4 is 12.0 Å². The molecule has 1 heterocycles. The van der Waals surface area contributed by atoms with Crippen LogP contribution >= 0.6 is 0 Å². The molecule has 13 nitrogen and oxygen atoms in total. The number of rotatable bonds is 49. The second-order valence-electron chi connectivity index (χ2n) is 25.5. The zero-order valence-electron chi connectivity index (χ0n) is 57.0. The van der Waals surface area contributed by atoms with Gasteiger partial charge >= 0.3 is 6.09 Å². The Morgan fingerprint density at radius 2 is 0.802 bits per heavy atom. The Morgan fingerprint density at radius 1 is 0.406 bits per heavy atom. The topological polar surface area (TPSA) is 141 Å². The highest BCUT2D eigenvalue weighted by molar-refractivity contribution is 5.76. The van der Waals surface area contributed by atoms with Gasteiger partial charge in [-0.05, 0) is 58.2 Å². The van der Waals surface area contributed by atoms with Crippen LogP contribution in [0.3, 0.4) is 0 Å². The van der Waals surface area contributed by atoms with E-state index in [-0.39, 0.29) is 52.2 Å². The van der Waals surface area contributed by atoms with Crippen LogP contribution in [0.1, 0.15) is 174 Å². The summed E-state index contributed by atoms with van der Waals surface area (Å²) in [7, 11) is 0. The predicted molar refractivity (Wildman–Crippen MR) is 380 cm³/mol. The monoisotopic (exact) mass is 1310 g/mol. The molecule has 0 aliphatic carbocycles. The van der Waals surface area contributed by atoms with Gasteiger partial charge in [-0.3, -0.25) is 4.79 Å². The molecule has 1 saturated heterocycles. The van der Waals surface area contributed by atoms with Gasteiger partial charge in [-0.25, -0.2) is 4.79 Å². The van der Waals surface area contributed by atoms with Gasteiger partial charge in [0.1, 0.15) is 37.1 Å². The molecule has 96 heavy (non-hydrogen) atoms. The van der Waals surface area contributed by atoms with Gasteiger partial charge in [0.05, 0.1) is 65.0 Å². The number of nitrogens with one attached hydrogen (secondary N) is 2. The van der Waals surface area contributed by atoms with Gasteiger partial charge in [0.25, 0.3) is 0 Å². The van der Waals surface area contributed by atoms with Crippen LogP contribution in [-0.4, -0.2) is 80.7 Å². The zero-order valence-corrected chi connectivity index (χ0v) is 57.0. The highest BCUT2D eigenvalue weighted by Gasteiger charge is 2.50. The number of hydrogen-bond donors (Lipinski definition) is 2. The predicted octanol–water partition coefficient (Wildman–Crippen LogP) is 18.1. The molecule has 0 saturated carbocycles. The lowest BCUT2D eigenvalue weighted by Crippen LogP contribution is -2.62. The lowest BCUT2D eigenvalue weighted by Gasteiger charge is -2.46. The van der Waals surface area contributed by atoms with Gasteiger partial charge in [-0.15, -0.1) is 0 Å². The summed E-state index contributed by atoms with van der Waals surface area (Å²) in [6.07, 6.45) is 15.6. The lowest BCUT2D eigenvalue weighted by atomic mass is 9.97. The molecule has 0 aromatic heterocycles. The summed E-state index contributed by atoms with van der Waals surface area (Å²) >= 11 is 0. The maximum absolute atomic E-state index is 14.8. The Morgan fingerprint density at radius 3 is 1.29 bits per heavy atom. The minimum atomic E-state index is -1.04. The van der Waals surface area contributed by atoms with Crippen LogP contribution in [0, 0.1) is 0 Å². The maximum Gasteiger partial charge on any atom is 0.407 e. The van der Waals surface area contributed by atoms with E-state index in [1.807, 2.05) is 164 Å². The van der Waals surface area contributed by atoms with Gasteiger partial charge in [0, 0.05) is 13.0 Å². The highest BCUT2D eigenvalue weighted by atomic mass is 16.7. The molecule has 0 unspecified atom stereocenters. The number of unbranched alkanes of at least 4 members (excludes halogenated alkanes) is 16. The van der Waals surface area contributed by atoms with E-state index in [2.05, 4.69) is 66.1 Å². The summed E-state index contributed by atoms with van der Waals surface area (Å²) in [5, 5.41) is 6.39. The molecule has 8 atom stereocenters. The van der Waals surface area contributed by atoms with E-state index in [1.54, 1.807) is 0 Å². The third kappa shape index (κ3) is 29.4. The van der Waals surface area contributed by atoms with E-state index in [9.17, 15) is 9.59 Å². The largest absolute Gasteiger partial charge is 0.445 e. The van der Waals surface area contributed by atoms with Crippen LogP contribution in [0.5, 0.6) is 0 Å².